The molecular formula is C19H23N. The normalized spacial score (nSPS) is 17.6. The van der Waals surface area contributed by atoms with Crippen LogP contribution in [0, 0.1) is 0 Å². The summed E-state index contributed by atoms with van der Waals surface area (Å²) >= 11 is 0. The highest BCUT2D eigenvalue weighted by atomic mass is 14.7. The molecule has 0 radical (unpaired) electrons. The first-order valence-electron chi connectivity index (χ1n) is 7.66. The van der Waals surface area contributed by atoms with Gasteiger partial charge in [0.05, 0.1) is 0 Å². The lowest BCUT2D eigenvalue weighted by Crippen LogP contribution is -2.34. The summed E-state index contributed by atoms with van der Waals surface area (Å²) in [5.41, 5.74) is 9.64. The van der Waals surface area contributed by atoms with E-state index in [9.17, 15) is 0 Å². The third kappa shape index (κ3) is 2.78. The topological polar surface area (TPSA) is 26.0 Å². The van der Waals surface area contributed by atoms with E-state index in [0.717, 1.165) is 12.8 Å². The van der Waals surface area contributed by atoms with Gasteiger partial charge in [0.2, 0.25) is 0 Å². The van der Waals surface area contributed by atoms with Gasteiger partial charge in [0.25, 0.3) is 0 Å². The van der Waals surface area contributed by atoms with Crippen molar-refractivity contribution in [3.8, 4) is 0 Å². The molecular weight excluding hydrogens is 242 g/mol. The van der Waals surface area contributed by atoms with Gasteiger partial charge in [-0.05, 0) is 43.2 Å². The second-order valence-electron chi connectivity index (χ2n) is 6.01. The molecule has 1 aliphatic carbocycles. The lowest BCUT2D eigenvalue weighted by atomic mass is 9.85. The molecule has 1 unspecified atom stereocenters. The largest absolute Gasteiger partial charge is 0.327 e. The SMILES string of the molecule is NC(CCCc1ccccc1)C1(c2ccccc2)CC1. The van der Waals surface area contributed by atoms with E-state index in [-0.39, 0.29) is 5.41 Å². The van der Waals surface area contributed by atoms with E-state index in [1.807, 2.05) is 0 Å². The Morgan fingerprint density at radius 1 is 0.900 bits per heavy atom. The monoisotopic (exact) mass is 265 g/mol. The van der Waals surface area contributed by atoms with Crippen LogP contribution in [0.2, 0.25) is 0 Å². The molecule has 0 spiro atoms. The molecule has 1 saturated carbocycles. The second-order valence-corrected chi connectivity index (χ2v) is 6.01. The molecule has 104 valence electrons. The maximum Gasteiger partial charge on any atom is 0.0136 e. The molecule has 0 saturated heterocycles. The number of hydrogen-bond acceptors (Lipinski definition) is 1. The summed E-state index contributed by atoms with van der Waals surface area (Å²) in [7, 11) is 0. The lowest BCUT2D eigenvalue weighted by Gasteiger charge is -2.24. The van der Waals surface area contributed by atoms with Crippen molar-refractivity contribution in [2.24, 2.45) is 5.73 Å². The average molecular weight is 265 g/mol. The van der Waals surface area contributed by atoms with Crippen molar-refractivity contribution >= 4 is 0 Å². The number of hydrogen-bond donors (Lipinski definition) is 1. The Morgan fingerprint density at radius 2 is 1.50 bits per heavy atom. The Balaban J connectivity index is 1.56. The van der Waals surface area contributed by atoms with Crippen LogP contribution in [-0.2, 0) is 11.8 Å². The van der Waals surface area contributed by atoms with Gasteiger partial charge in [-0.3, -0.25) is 0 Å². The van der Waals surface area contributed by atoms with Crippen LogP contribution in [0.25, 0.3) is 0 Å². The minimum atomic E-state index is 0.276. The molecule has 0 amide bonds. The van der Waals surface area contributed by atoms with Crippen LogP contribution in [0.5, 0.6) is 0 Å². The van der Waals surface area contributed by atoms with E-state index >= 15 is 0 Å². The molecule has 2 N–H and O–H groups in total. The van der Waals surface area contributed by atoms with Gasteiger partial charge >= 0.3 is 0 Å². The van der Waals surface area contributed by atoms with Gasteiger partial charge in [-0.2, -0.15) is 0 Å². The van der Waals surface area contributed by atoms with Crippen LogP contribution in [0.3, 0.4) is 0 Å². The first-order valence-corrected chi connectivity index (χ1v) is 7.66. The van der Waals surface area contributed by atoms with Gasteiger partial charge in [-0.25, -0.2) is 0 Å². The van der Waals surface area contributed by atoms with E-state index in [1.165, 1.54) is 30.4 Å². The number of benzene rings is 2. The zero-order valence-corrected chi connectivity index (χ0v) is 12.0. The van der Waals surface area contributed by atoms with E-state index in [4.69, 9.17) is 5.73 Å². The van der Waals surface area contributed by atoms with Gasteiger partial charge in [-0.1, -0.05) is 60.7 Å². The van der Waals surface area contributed by atoms with Gasteiger partial charge < -0.3 is 5.73 Å². The molecule has 0 aliphatic heterocycles. The van der Waals surface area contributed by atoms with Crippen molar-refractivity contribution in [1.82, 2.24) is 0 Å². The standard InChI is InChI=1S/C19H23N/c20-18(13-7-10-16-8-3-1-4-9-16)19(14-15-19)17-11-5-2-6-12-17/h1-6,8-9,11-12,18H,7,10,13-15,20H2. The maximum absolute atomic E-state index is 6.51. The van der Waals surface area contributed by atoms with Crippen molar-refractivity contribution in [2.75, 3.05) is 0 Å². The fourth-order valence-electron chi connectivity index (χ4n) is 3.23. The first kappa shape index (κ1) is 13.4. The molecule has 1 heteroatoms. The molecule has 3 rings (SSSR count). The van der Waals surface area contributed by atoms with Crippen molar-refractivity contribution in [3.05, 3.63) is 71.8 Å². The van der Waals surface area contributed by atoms with Gasteiger partial charge in [0.15, 0.2) is 0 Å². The first-order chi connectivity index (χ1) is 9.81. The molecule has 1 aliphatic rings. The number of nitrogens with two attached hydrogens (primary N) is 1. The van der Waals surface area contributed by atoms with Crippen molar-refractivity contribution in [2.45, 2.75) is 43.6 Å². The minimum Gasteiger partial charge on any atom is -0.327 e. The zero-order valence-electron chi connectivity index (χ0n) is 12.0. The van der Waals surface area contributed by atoms with E-state index in [0.29, 0.717) is 6.04 Å². The Hall–Kier alpha value is -1.60. The molecule has 2 aromatic carbocycles. The fourth-order valence-corrected chi connectivity index (χ4v) is 3.23. The lowest BCUT2D eigenvalue weighted by molar-refractivity contribution is 0.471. The summed E-state index contributed by atoms with van der Waals surface area (Å²) < 4.78 is 0. The van der Waals surface area contributed by atoms with E-state index in [2.05, 4.69) is 60.7 Å². The second kappa shape index (κ2) is 5.80. The van der Waals surface area contributed by atoms with Gasteiger partial charge in [-0.15, -0.1) is 0 Å². The smallest absolute Gasteiger partial charge is 0.0136 e. The molecule has 1 atom stereocenters. The van der Waals surface area contributed by atoms with Crippen LogP contribution >= 0.6 is 0 Å². The third-order valence-electron chi connectivity index (χ3n) is 4.67. The molecule has 0 heterocycles. The Morgan fingerprint density at radius 3 is 2.10 bits per heavy atom. The summed E-state index contributed by atoms with van der Waals surface area (Å²) in [4.78, 5) is 0. The highest BCUT2D eigenvalue weighted by Gasteiger charge is 2.48. The zero-order chi connectivity index (χ0) is 13.8. The highest BCUT2D eigenvalue weighted by Crippen LogP contribution is 2.51. The number of aryl methyl sites for hydroxylation is 1. The Kier molecular flexibility index (Phi) is 3.88. The van der Waals surface area contributed by atoms with E-state index < -0.39 is 0 Å². The third-order valence-corrected chi connectivity index (χ3v) is 4.67. The van der Waals surface area contributed by atoms with Crippen molar-refractivity contribution in [1.29, 1.82) is 0 Å². The summed E-state index contributed by atoms with van der Waals surface area (Å²) in [6.45, 7) is 0. The van der Waals surface area contributed by atoms with Crippen LogP contribution in [0.4, 0.5) is 0 Å². The van der Waals surface area contributed by atoms with Crippen LogP contribution in [0.15, 0.2) is 60.7 Å². The maximum atomic E-state index is 6.51. The fraction of sp³-hybridized carbons (Fsp3) is 0.368. The summed E-state index contributed by atoms with van der Waals surface area (Å²) in [6.07, 6.45) is 5.94. The van der Waals surface area contributed by atoms with Gasteiger partial charge in [0, 0.05) is 11.5 Å². The van der Waals surface area contributed by atoms with Crippen molar-refractivity contribution < 1.29 is 0 Å². The number of rotatable bonds is 6. The van der Waals surface area contributed by atoms with Crippen LogP contribution < -0.4 is 5.73 Å². The summed E-state index contributed by atoms with van der Waals surface area (Å²) in [5, 5.41) is 0. The van der Waals surface area contributed by atoms with Gasteiger partial charge in [0.1, 0.15) is 0 Å². The molecule has 0 bridgehead atoms. The Labute approximate surface area is 121 Å². The predicted molar refractivity (Wildman–Crippen MR) is 84.7 cm³/mol. The molecule has 0 aromatic heterocycles. The average Bonchev–Trinajstić information content (AvgIpc) is 3.31. The molecule has 1 nitrogen and oxygen atoms in total. The minimum absolute atomic E-state index is 0.276. The molecule has 1 fully saturated rings. The predicted octanol–water partition coefficient (Wildman–Crippen LogP) is 4.07. The quantitative estimate of drug-likeness (QED) is 0.837. The molecule has 2 aromatic rings. The van der Waals surface area contributed by atoms with Crippen molar-refractivity contribution in [3.63, 3.8) is 0 Å². The van der Waals surface area contributed by atoms with E-state index in [1.54, 1.807) is 0 Å². The summed E-state index contributed by atoms with van der Waals surface area (Å²) in [6, 6.07) is 21.8. The van der Waals surface area contributed by atoms with Crippen LogP contribution in [0.1, 0.15) is 36.8 Å². The highest BCUT2D eigenvalue weighted by molar-refractivity contribution is 5.33. The summed E-state index contributed by atoms with van der Waals surface area (Å²) in [5.74, 6) is 0. The Bertz CT molecular complexity index is 528. The van der Waals surface area contributed by atoms with Crippen LogP contribution in [-0.4, -0.2) is 6.04 Å². The molecule has 20 heavy (non-hydrogen) atoms.